The number of aromatic nitrogens is 1. The van der Waals surface area contributed by atoms with Crippen LogP contribution in [0.15, 0.2) is 6.20 Å². The number of rotatable bonds is 1. The molecule has 0 unspecified atom stereocenters. The molecule has 1 aliphatic rings. The lowest BCUT2D eigenvalue weighted by atomic mass is 9.88. The van der Waals surface area contributed by atoms with Crippen molar-refractivity contribution in [3.8, 4) is 0 Å². The highest BCUT2D eigenvalue weighted by Crippen LogP contribution is 2.42. The fraction of sp³-hybridized carbons (Fsp3) is 0.667. The highest BCUT2D eigenvalue weighted by molar-refractivity contribution is 7.15. The highest BCUT2D eigenvalue weighted by Gasteiger charge is 2.32. The van der Waals surface area contributed by atoms with E-state index in [1.807, 2.05) is 6.20 Å². The minimum atomic E-state index is 0.384. The summed E-state index contributed by atoms with van der Waals surface area (Å²) in [7, 11) is 0. The molecule has 0 saturated heterocycles. The molecule has 0 bridgehead atoms. The largest absolute Gasteiger partial charge is 0.375 e. The van der Waals surface area contributed by atoms with E-state index in [0.717, 1.165) is 0 Å². The van der Waals surface area contributed by atoms with Crippen LogP contribution in [-0.2, 0) is 5.41 Å². The van der Waals surface area contributed by atoms with Gasteiger partial charge in [-0.25, -0.2) is 4.98 Å². The molecule has 2 nitrogen and oxygen atoms in total. The van der Waals surface area contributed by atoms with Crippen molar-refractivity contribution >= 4 is 16.5 Å². The molecule has 0 spiro atoms. The monoisotopic (exact) mass is 182 g/mol. The van der Waals surface area contributed by atoms with Crippen molar-refractivity contribution in [1.29, 1.82) is 0 Å². The van der Waals surface area contributed by atoms with Gasteiger partial charge in [0, 0.05) is 16.5 Å². The van der Waals surface area contributed by atoms with Gasteiger partial charge in [-0.15, -0.1) is 11.3 Å². The number of nitrogen functional groups attached to an aromatic ring is 1. The zero-order valence-corrected chi connectivity index (χ0v) is 8.16. The predicted octanol–water partition coefficient (Wildman–Crippen LogP) is 2.56. The number of nitrogens with two attached hydrogens (primary N) is 1. The van der Waals surface area contributed by atoms with E-state index >= 15 is 0 Å². The molecule has 1 aliphatic carbocycles. The van der Waals surface area contributed by atoms with Crippen molar-refractivity contribution in [3.05, 3.63) is 11.1 Å². The third-order valence-corrected chi connectivity index (χ3v) is 3.96. The molecule has 0 amide bonds. The second kappa shape index (κ2) is 2.73. The maximum atomic E-state index is 5.61. The van der Waals surface area contributed by atoms with Crippen LogP contribution in [-0.4, -0.2) is 4.98 Å². The first-order chi connectivity index (χ1) is 5.71. The van der Waals surface area contributed by atoms with Crippen molar-refractivity contribution in [1.82, 2.24) is 4.98 Å². The number of hydrogen-bond acceptors (Lipinski definition) is 3. The van der Waals surface area contributed by atoms with Gasteiger partial charge in [0.2, 0.25) is 0 Å². The molecule has 2 rings (SSSR count). The van der Waals surface area contributed by atoms with Crippen molar-refractivity contribution in [3.63, 3.8) is 0 Å². The maximum absolute atomic E-state index is 5.61. The second-order valence-corrected chi connectivity index (χ2v) is 4.89. The number of nitrogens with zero attached hydrogens (tertiary/aromatic N) is 1. The number of thiazole rings is 1. The van der Waals surface area contributed by atoms with Crippen LogP contribution in [0.2, 0.25) is 0 Å². The Labute approximate surface area is 76.8 Å². The van der Waals surface area contributed by atoms with Gasteiger partial charge in [0.1, 0.15) is 0 Å². The molecule has 1 aromatic rings. The molecule has 12 heavy (non-hydrogen) atoms. The van der Waals surface area contributed by atoms with Crippen LogP contribution in [0.1, 0.15) is 37.5 Å². The molecule has 1 aromatic heterocycles. The van der Waals surface area contributed by atoms with Gasteiger partial charge in [0.05, 0.1) is 0 Å². The summed E-state index contributed by atoms with van der Waals surface area (Å²) in [5.41, 5.74) is 6.00. The summed E-state index contributed by atoms with van der Waals surface area (Å²) >= 11 is 1.65. The quantitative estimate of drug-likeness (QED) is 0.725. The molecular weight excluding hydrogens is 168 g/mol. The highest BCUT2D eigenvalue weighted by atomic mass is 32.1. The first-order valence-corrected chi connectivity index (χ1v) is 5.24. The molecule has 0 radical (unpaired) electrons. The third kappa shape index (κ3) is 1.22. The third-order valence-electron chi connectivity index (χ3n) is 2.83. The summed E-state index contributed by atoms with van der Waals surface area (Å²) in [5.74, 6) is 0. The van der Waals surface area contributed by atoms with E-state index in [4.69, 9.17) is 5.73 Å². The van der Waals surface area contributed by atoms with Gasteiger partial charge in [-0.05, 0) is 12.8 Å². The van der Waals surface area contributed by atoms with Gasteiger partial charge in [-0.3, -0.25) is 0 Å². The fourth-order valence-corrected chi connectivity index (χ4v) is 2.86. The summed E-state index contributed by atoms with van der Waals surface area (Å²) in [6.07, 6.45) is 7.26. The van der Waals surface area contributed by atoms with E-state index in [-0.39, 0.29) is 0 Å². The molecule has 1 heterocycles. The maximum Gasteiger partial charge on any atom is 0.180 e. The van der Waals surface area contributed by atoms with Crippen LogP contribution in [0.3, 0.4) is 0 Å². The van der Waals surface area contributed by atoms with E-state index in [1.54, 1.807) is 11.3 Å². The van der Waals surface area contributed by atoms with Crippen LogP contribution in [0, 0.1) is 0 Å². The fourth-order valence-electron chi connectivity index (χ4n) is 1.97. The van der Waals surface area contributed by atoms with Crippen molar-refractivity contribution in [2.75, 3.05) is 5.73 Å². The minimum Gasteiger partial charge on any atom is -0.375 e. The lowest BCUT2D eigenvalue weighted by Gasteiger charge is -2.20. The predicted molar refractivity (Wildman–Crippen MR) is 52.3 cm³/mol. The van der Waals surface area contributed by atoms with Crippen LogP contribution in [0.25, 0.3) is 0 Å². The summed E-state index contributed by atoms with van der Waals surface area (Å²) in [5, 5.41) is 0.707. The standard InChI is InChI=1S/C9H14N2S/c1-9(4-2-3-5-9)7-6-11-8(10)12-7/h6H,2-5H2,1H3,(H2,10,11). The topological polar surface area (TPSA) is 38.9 Å². The minimum absolute atomic E-state index is 0.384. The van der Waals surface area contributed by atoms with E-state index in [2.05, 4.69) is 11.9 Å². The summed E-state index contributed by atoms with van der Waals surface area (Å²) in [6, 6.07) is 0. The van der Waals surface area contributed by atoms with Crippen LogP contribution >= 0.6 is 11.3 Å². The lowest BCUT2D eigenvalue weighted by Crippen LogP contribution is -2.14. The van der Waals surface area contributed by atoms with E-state index in [9.17, 15) is 0 Å². The Morgan fingerprint density at radius 1 is 1.50 bits per heavy atom. The van der Waals surface area contributed by atoms with Crippen LogP contribution in [0.4, 0.5) is 5.13 Å². The molecule has 0 aliphatic heterocycles. The molecule has 0 atom stereocenters. The number of anilines is 1. The normalized spacial score (nSPS) is 21.4. The average molecular weight is 182 g/mol. The Morgan fingerprint density at radius 3 is 2.67 bits per heavy atom. The van der Waals surface area contributed by atoms with Gasteiger partial charge in [-0.1, -0.05) is 19.8 Å². The Kier molecular flexibility index (Phi) is 1.83. The molecular formula is C9H14N2S. The zero-order chi connectivity index (χ0) is 8.60. The average Bonchev–Trinajstić information content (AvgIpc) is 2.59. The second-order valence-electron chi connectivity index (χ2n) is 3.83. The summed E-state index contributed by atoms with van der Waals surface area (Å²) < 4.78 is 0. The molecule has 3 heteroatoms. The molecule has 2 N–H and O–H groups in total. The molecule has 66 valence electrons. The molecule has 0 aromatic carbocycles. The first kappa shape index (κ1) is 8.05. The SMILES string of the molecule is CC1(c2cnc(N)s2)CCCC1. The van der Waals surface area contributed by atoms with Crippen molar-refractivity contribution < 1.29 is 0 Å². The lowest BCUT2D eigenvalue weighted by molar-refractivity contribution is 0.501. The molecule has 1 fully saturated rings. The molecule has 1 saturated carbocycles. The number of hydrogen-bond donors (Lipinski definition) is 1. The Balaban J connectivity index is 2.28. The summed E-state index contributed by atoms with van der Waals surface area (Å²) in [6.45, 7) is 2.33. The first-order valence-electron chi connectivity index (χ1n) is 4.42. The van der Waals surface area contributed by atoms with Crippen LogP contribution in [0.5, 0.6) is 0 Å². The Bertz CT molecular complexity index is 274. The van der Waals surface area contributed by atoms with Gasteiger partial charge in [0.25, 0.3) is 0 Å². The van der Waals surface area contributed by atoms with Gasteiger partial charge in [-0.2, -0.15) is 0 Å². The Morgan fingerprint density at radius 2 is 2.17 bits per heavy atom. The van der Waals surface area contributed by atoms with Crippen molar-refractivity contribution in [2.24, 2.45) is 0 Å². The smallest absolute Gasteiger partial charge is 0.180 e. The van der Waals surface area contributed by atoms with Gasteiger partial charge in [0.15, 0.2) is 5.13 Å². The van der Waals surface area contributed by atoms with Gasteiger partial charge < -0.3 is 5.73 Å². The van der Waals surface area contributed by atoms with Crippen LogP contribution < -0.4 is 5.73 Å². The summed E-state index contributed by atoms with van der Waals surface area (Å²) in [4.78, 5) is 5.48. The zero-order valence-electron chi connectivity index (χ0n) is 7.34. The Hall–Kier alpha value is -0.570. The van der Waals surface area contributed by atoms with Crippen molar-refractivity contribution in [2.45, 2.75) is 38.0 Å². The van der Waals surface area contributed by atoms with Gasteiger partial charge >= 0.3 is 0 Å². The van der Waals surface area contributed by atoms with E-state index < -0.39 is 0 Å². The van der Waals surface area contributed by atoms with E-state index in [0.29, 0.717) is 10.5 Å². The van der Waals surface area contributed by atoms with E-state index in [1.165, 1.54) is 30.6 Å².